The largest absolute Gasteiger partial charge is 0.378 e. The third-order valence-corrected chi connectivity index (χ3v) is 3.56. The van der Waals surface area contributed by atoms with Crippen LogP contribution in [0.2, 0.25) is 0 Å². The first-order valence-corrected chi connectivity index (χ1v) is 6.98. The Hall–Kier alpha value is -1.00. The van der Waals surface area contributed by atoms with Crippen LogP contribution in [0.3, 0.4) is 0 Å². The average Bonchev–Trinajstić information content (AvgIpc) is 2.41. The van der Waals surface area contributed by atoms with E-state index in [-0.39, 0.29) is 0 Å². The fraction of sp³-hybridized carbons (Fsp3) is 0.600. The van der Waals surface area contributed by atoms with Crippen molar-refractivity contribution in [3.63, 3.8) is 0 Å². The molecule has 1 aliphatic heterocycles. The number of nitrogens with one attached hydrogen (secondary N) is 1. The Morgan fingerprint density at radius 3 is 2.89 bits per heavy atom. The molecule has 0 radical (unpaired) electrons. The van der Waals surface area contributed by atoms with Crippen molar-refractivity contribution in [3.05, 3.63) is 35.4 Å². The molecule has 2 unspecified atom stereocenters. The molecule has 1 N–H and O–H groups in total. The summed E-state index contributed by atoms with van der Waals surface area (Å²) in [7, 11) is 0. The highest BCUT2D eigenvalue weighted by atomic mass is 19.2. The van der Waals surface area contributed by atoms with Crippen molar-refractivity contribution in [2.75, 3.05) is 6.61 Å². The third-order valence-electron chi connectivity index (χ3n) is 3.56. The Balaban J connectivity index is 1.82. The van der Waals surface area contributed by atoms with E-state index >= 15 is 0 Å². The summed E-state index contributed by atoms with van der Waals surface area (Å²) in [5.41, 5.74) is 0.775. The fourth-order valence-corrected chi connectivity index (χ4v) is 2.50. The van der Waals surface area contributed by atoms with E-state index in [1.54, 1.807) is 6.07 Å². The van der Waals surface area contributed by atoms with Gasteiger partial charge >= 0.3 is 0 Å². The molecule has 106 valence electrons. The predicted octanol–water partition coefficient (Wildman–Crippen LogP) is 3.40. The number of hydrogen-bond acceptors (Lipinski definition) is 2. The van der Waals surface area contributed by atoms with Crippen LogP contribution in [-0.4, -0.2) is 18.8 Å². The Bertz CT molecular complexity index is 409. The molecule has 19 heavy (non-hydrogen) atoms. The molecule has 0 bridgehead atoms. The van der Waals surface area contributed by atoms with Crippen LogP contribution in [0.5, 0.6) is 0 Å². The molecule has 1 heterocycles. The number of halogens is 2. The molecule has 2 rings (SSSR count). The molecule has 1 saturated heterocycles. The number of hydrogen-bond donors (Lipinski definition) is 1. The van der Waals surface area contributed by atoms with E-state index in [1.165, 1.54) is 12.1 Å². The number of ether oxygens (including phenoxy) is 1. The van der Waals surface area contributed by atoms with Gasteiger partial charge in [-0.15, -0.1) is 0 Å². The van der Waals surface area contributed by atoms with E-state index < -0.39 is 11.6 Å². The summed E-state index contributed by atoms with van der Waals surface area (Å²) in [4.78, 5) is 0. The van der Waals surface area contributed by atoms with E-state index in [4.69, 9.17) is 4.74 Å². The molecule has 0 amide bonds. The molecule has 0 aromatic heterocycles. The molecule has 2 atom stereocenters. The van der Waals surface area contributed by atoms with Crippen LogP contribution in [0.1, 0.15) is 38.2 Å². The molecule has 1 fully saturated rings. The predicted molar refractivity (Wildman–Crippen MR) is 70.9 cm³/mol. The second-order valence-corrected chi connectivity index (χ2v) is 5.13. The van der Waals surface area contributed by atoms with Crippen molar-refractivity contribution in [3.8, 4) is 0 Å². The van der Waals surface area contributed by atoms with Crippen LogP contribution < -0.4 is 5.32 Å². The first-order valence-electron chi connectivity index (χ1n) is 6.98. The summed E-state index contributed by atoms with van der Waals surface area (Å²) < 4.78 is 31.6. The summed E-state index contributed by atoms with van der Waals surface area (Å²) in [6.07, 6.45) is 4.52. The lowest BCUT2D eigenvalue weighted by molar-refractivity contribution is -0.00343. The van der Waals surface area contributed by atoms with Crippen LogP contribution in [-0.2, 0) is 11.3 Å². The number of benzene rings is 1. The minimum atomic E-state index is -0.794. The Morgan fingerprint density at radius 1 is 1.32 bits per heavy atom. The normalized spacial score (nSPS) is 23.5. The van der Waals surface area contributed by atoms with Crippen molar-refractivity contribution in [2.24, 2.45) is 0 Å². The molecule has 0 aliphatic carbocycles. The second-order valence-electron chi connectivity index (χ2n) is 5.13. The van der Waals surface area contributed by atoms with Gasteiger partial charge in [-0.05, 0) is 37.0 Å². The van der Waals surface area contributed by atoms with Gasteiger partial charge in [0.25, 0.3) is 0 Å². The molecular weight excluding hydrogens is 248 g/mol. The van der Waals surface area contributed by atoms with Crippen molar-refractivity contribution in [1.29, 1.82) is 0 Å². The van der Waals surface area contributed by atoms with E-state index in [2.05, 4.69) is 12.2 Å². The Labute approximate surface area is 113 Å². The van der Waals surface area contributed by atoms with Gasteiger partial charge in [-0.2, -0.15) is 0 Å². The van der Waals surface area contributed by atoms with E-state index in [0.29, 0.717) is 18.7 Å². The second kappa shape index (κ2) is 6.96. The average molecular weight is 269 g/mol. The lowest BCUT2D eigenvalue weighted by atomic mass is 10.00. The fourth-order valence-electron chi connectivity index (χ4n) is 2.50. The lowest BCUT2D eigenvalue weighted by Crippen LogP contribution is -2.38. The molecular formula is C15H21F2NO. The molecule has 1 aromatic rings. The SMILES string of the molecule is CCCC1CC(NCc2ccc(F)c(F)c2)CCO1. The summed E-state index contributed by atoms with van der Waals surface area (Å²) in [6, 6.07) is 4.45. The highest BCUT2D eigenvalue weighted by Gasteiger charge is 2.21. The zero-order valence-electron chi connectivity index (χ0n) is 11.3. The molecule has 1 aliphatic rings. The maximum absolute atomic E-state index is 13.1. The Kier molecular flexibility index (Phi) is 5.28. The van der Waals surface area contributed by atoms with Gasteiger partial charge in [0.1, 0.15) is 0 Å². The van der Waals surface area contributed by atoms with E-state index in [0.717, 1.165) is 37.9 Å². The summed E-state index contributed by atoms with van der Waals surface area (Å²) >= 11 is 0. The van der Waals surface area contributed by atoms with Crippen LogP contribution in [0.15, 0.2) is 18.2 Å². The highest BCUT2D eigenvalue weighted by molar-refractivity contribution is 5.17. The van der Waals surface area contributed by atoms with Gasteiger partial charge in [0.05, 0.1) is 6.10 Å². The van der Waals surface area contributed by atoms with Gasteiger partial charge in [-0.1, -0.05) is 19.4 Å². The van der Waals surface area contributed by atoms with Gasteiger partial charge in [-0.25, -0.2) is 8.78 Å². The Morgan fingerprint density at radius 2 is 2.16 bits per heavy atom. The van der Waals surface area contributed by atoms with Gasteiger partial charge < -0.3 is 10.1 Å². The molecule has 1 aromatic carbocycles. The van der Waals surface area contributed by atoms with Crippen LogP contribution in [0.25, 0.3) is 0 Å². The number of rotatable bonds is 5. The van der Waals surface area contributed by atoms with E-state index in [1.807, 2.05) is 0 Å². The van der Waals surface area contributed by atoms with E-state index in [9.17, 15) is 8.78 Å². The molecule has 4 heteroatoms. The quantitative estimate of drug-likeness (QED) is 0.884. The van der Waals surface area contributed by atoms with Crippen LogP contribution in [0, 0.1) is 11.6 Å². The first kappa shape index (κ1) is 14.4. The van der Waals surface area contributed by atoms with Crippen molar-refractivity contribution < 1.29 is 13.5 Å². The van der Waals surface area contributed by atoms with Crippen LogP contribution >= 0.6 is 0 Å². The monoisotopic (exact) mass is 269 g/mol. The smallest absolute Gasteiger partial charge is 0.159 e. The van der Waals surface area contributed by atoms with Crippen molar-refractivity contribution in [2.45, 2.75) is 51.3 Å². The third kappa shape index (κ3) is 4.25. The maximum Gasteiger partial charge on any atom is 0.159 e. The topological polar surface area (TPSA) is 21.3 Å². The van der Waals surface area contributed by atoms with Crippen molar-refractivity contribution >= 4 is 0 Å². The first-order chi connectivity index (χ1) is 9.19. The zero-order valence-corrected chi connectivity index (χ0v) is 11.3. The molecule has 0 saturated carbocycles. The summed E-state index contributed by atoms with van der Waals surface area (Å²) in [6.45, 7) is 3.50. The summed E-state index contributed by atoms with van der Waals surface area (Å²) in [5.74, 6) is -1.58. The van der Waals surface area contributed by atoms with Gasteiger partial charge in [0, 0.05) is 19.2 Å². The standard InChI is InChI=1S/C15H21F2NO/c1-2-3-13-9-12(6-7-19-13)18-10-11-4-5-14(16)15(17)8-11/h4-5,8,12-13,18H,2-3,6-7,9-10H2,1H3. The van der Waals surface area contributed by atoms with Crippen LogP contribution in [0.4, 0.5) is 8.78 Å². The molecule has 2 nitrogen and oxygen atoms in total. The minimum Gasteiger partial charge on any atom is -0.378 e. The summed E-state index contributed by atoms with van der Waals surface area (Å²) in [5, 5.41) is 3.40. The highest BCUT2D eigenvalue weighted by Crippen LogP contribution is 2.18. The van der Waals surface area contributed by atoms with Gasteiger partial charge in [0.15, 0.2) is 11.6 Å². The minimum absolute atomic E-state index is 0.334. The zero-order chi connectivity index (χ0) is 13.7. The van der Waals surface area contributed by atoms with Gasteiger partial charge in [-0.3, -0.25) is 0 Å². The molecule has 0 spiro atoms. The van der Waals surface area contributed by atoms with Crippen molar-refractivity contribution in [1.82, 2.24) is 5.32 Å². The van der Waals surface area contributed by atoms with Gasteiger partial charge in [0.2, 0.25) is 0 Å². The lowest BCUT2D eigenvalue weighted by Gasteiger charge is -2.30. The maximum atomic E-state index is 13.1.